The summed E-state index contributed by atoms with van der Waals surface area (Å²) in [6.45, 7) is 8.72. The summed E-state index contributed by atoms with van der Waals surface area (Å²) in [5.74, 6) is 0.604. The van der Waals surface area contributed by atoms with Crippen molar-refractivity contribution >= 4 is 21.4 Å². The van der Waals surface area contributed by atoms with Gasteiger partial charge in [0, 0.05) is 24.5 Å². The molecule has 0 atom stereocenters. The fourth-order valence-corrected chi connectivity index (χ4v) is 5.85. The lowest BCUT2D eigenvalue weighted by Gasteiger charge is -2.38. The second-order valence-electron chi connectivity index (χ2n) is 6.80. The molecule has 0 aromatic carbocycles. The lowest BCUT2D eigenvalue weighted by Crippen LogP contribution is -2.41. The topological polar surface area (TPSA) is 49.4 Å². The molecule has 1 aliphatic rings. The first-order chi connectivity index (χ1) is 9.75. The Hall–Kier alpha value is -0.430. The van der Waals surface area contributed by atoms with Crippen LogP contribution in [0.5, 0.6) is 0 Å². The second kappa shape index (κ2) is 6.36. The first-order valence-corrected chi connectivity index (χ1v) is 9.74. The van der Waals surface area contributed by atoms with Crippen LogP contribution in [0.2, 0.25) is 0 Å². The Morgan fingerprint density at radius 1 is 1.29 bits per heavy atom. The molecule has 6 heteroatoms. The van der Waals surface area contributed by atoms with Crippen LogP contribution >= 0.6 is 11.3 Å². The van der Waals surface area contributed by atoms with Gasteiger partial charge in [0.2, 0.25) is 0 Å². The molecule has 0 unspecified atom stereocenters. The monoisotopic (exact) mass is 330 g/mol. The lowest BCUT2D eigenvalue weighted by atomic mass is 9.76. The second-order valence-corrected chi connectivity index (χ2v) is 10.1. The van der Waals surface area contributed by atoms with Gasteiger partial charge in [-0.3, -0.25) is 0 Å². The van der Waals surface area contributed by atoms with Crippen molar-refractivity contribution in [3.63, 3.8) is 0 Å². The Kier molecular flexibility index (Phi) is 5.13. The van der Waals surface area contributed by atoms with E-state index in [-0.39, 0.29) is 5.41 Å². The largest absolute Gasteiger partial charge is 0.315 e. The van der Waals surface area contributed by atoms with E-state index in [4.69, 9.17) is 0 Å². The molecule has 1 N–H and O–H groups in total. The quantitative estimate of drug-likeness (QED) is 0.923. The minimum atomic E-state index is -3.30. The smallest absolute Gasteiger partial charge is 0.252 e. The van der Waals surface area contributed by atoms with Crippen LogP contribution in [0.3, 0.4) is 0 Å². The maximum atomic E-state index is 12.7. The van der Waals surface area contributed by atoms with Crippen molar-refractivity contribution in [1.82, 2.24) is 9.62 Å². The van der Waals surface area contributed by atoms with Crippen molar-refractivity contribution in [1.29, 1.82) is 0 Å². The molecule has 1 fully saturated rings. The van der Waals surface area contributed by atoms with Crippen LogP contribution in [0.4, 0.5) is 0 Å². The van der Waals surface area contributed by atoms with Gasteiger partial charge in [-0.2, -0.15) is 4.31 Å². The molecule has 120 valence electrons. The van der Waals surface area contributed by atoms with Gasteiger partial charge < -0.3 is 5.32 Å². The molecule has 1 aliphatic heterocycles. The Labute approximate surface area is 132 Å². The molecular formula is C15H26N2O2S2. The highest BCUT2D eigenvalue weighted by atomic mass is 32.2. The summed E-state index contributed by atoms with van der Waals surface area (Å²) < 4.78 is 27.5. The van der Waals surface area contributed by atoms with Gasteiger partial charge in [0.15, 0.2) is 0 Å². The van der Waals surface area contributed by atoms with Gasteiger partial charge in [-0.05, 0) is 43.4 Å². The van der Waals surface area contributed by atoms with E-state index in [0.29, 0.717) is 29.8 Å². The number of hydrogen-bond acceptors (Lipinski definition) is 4. The summed E-state index contributed by atoms with van der Waals surface area (Å²) in [5.41, 5.74) is 0.263. The van der Waals surface area contributed by atoms with E-state index in [1.54, 1.807) is 10.4 Å². The average molecular weight is 331 g/mol. The maximum absolute atomic E-state index is 12.7. The highest BCUT2D eigenvalue weighted by molar-refractivity contribution is 7.91. The van der Waals surface area contributed by atoms with Crippen LogP contribution in [0.1, 0.15) is 38.5 Å². The van der Waals surface area contributed by atoms with E-state index >= 15 is 0 Å². The Bertz CT molecular complexity index is 565. The predicted molar refractivity (Wildman–Crippen MR) is 88.0 cm³/mol. The summed E-state index contributed by atoms with van der Waals surface area (Å²) in [6, 6.07) is 3.64. The molecule has 2 rings (SSSR count). The average Bonchev–Trinajstić information content (AvgIpc) is 2.88. The van der Waals surface area contributed by atoms with Crippen LogP contribution in [-0.4, -0.2) is 32.9 Å². The number of nitrogens with zero attached hydrogens (tertiary/aromatic N) is 1. The summed E-state index contributed by atoms with van der Waals surface area (Å²) in [4.78, 5) is 1.06. The molecule has 2 heterocycles. The number of sulfonamides is 1. The lowest BCUT2D eigenvalue weighted by molar-refractivity contribution is 0.154. The predicted octanol–water partition coefficient (Wildman–Crippen LogP) is 2.91. The third-order valence-corrected chi connectivity index (χ3v) is 7.71. The standard InChI is InChI=1S/C15H26N2O2S2/c1-15(2,3)12-7-9-17(10-8-12)21(18,19)14-6-5-13(20-14)11-16-4/h5-6,12,16H,7-11H2,1-4H3. The SMILES string of the molecule is CNCc1ccc(S(=O)(=O)N2CCC(C(C)(C)C)CC2)s1. The van der Waals surface area contributed by atoms with Crippen LogP contribution in [-0.2, 0) is 16.6 Å². The van der Waals surface area contributed by atoms with E-state index in [1.807, 2.05) is 13.1 Å². The van der Waals surface area contributed by atoms with Crippen LogP contribution in [0, 0.1) is 11.3 Å². The molecule has 0 aliphatic carbocycles. The zero-order valence-electron chi connectivity index (χ0n) is 13.3. The van der Waals surface area contributed by atoms with Crippen LogP contribution in [0.15, 0.2) is 16.3 Å². The molecule has 0 spiro atoms. The highest BCUT2D eigenvalue weighted by Gasteiger charge is 2.34. The molecule has 0 bridgehead atoms. The fraction of sp³-hybridized carbons (Fsp3) is 0.733. The molecule has 1 aromatic heterocycles. The van der Waals surface area contributed by atoms with Gasteiger partial charge in [-0.15, -0.1) is 11.3 Å². The molecule has 4 nitrogen and oxygen atoms in total. The fourth-order valence-electron chi connectivity index (χ4n) is 2.86. The third kappa shape index (κ3) is 3.86. The van der Waals surface area contributed by atoms with Gasteiger partial charge >= 0.3 is 0 Å². The zero-order chi connectivity index (χ0) is 15.7. The van der Waals surface area contributed by atoms with Gasteiger partial charge in [-0.25, -0.2) is 8.42 Å². The van der Waals surface area contributed by atoms with Crippen molar-refractivity contribution in [2.75, 3.05) is 20.1 Å². The van der Waals surface area contributed by atoms with E-state index in [9.17, 15) is 8.42 Å². The zero-order valence-corrected chi connectivity index (χ0v) is 15.0. The van der Waals surface area contributed by atoms with Crippen molar-refractivity contribution in [3.8, 4) is 0 Å². The summed E-state index contributed by atoms with van der Waals surface area (Å²) in [6.07, 6.45) is 1.91. The third-order valence-electron chi connectivity index (χ3n) is 4.26. The van der Waals surface area contributed by atoms with Crippen molar-refractivity contribution in [2.45, 2.75) is 44.4 Å². The maximum Gasteiger partial charge on any atom is 0.252 e. The first kappa shape index (κ1) is 16.9. The number of hydrogen-bond donors (Lipinski definition) is 1. The summed E-state index contributed by atoms with van der Waals surface area (Å²) >= 11 is 1.37. The van der Waals surface area contributed by atoms with Gasteiger partial charge in [0.05, 0.1) is 0 Å². The Balaban J connectivity index is 2.07. The van der Waals surface area contributed by atoms with Crippen LogP contribution < -0.4 is 5.32 Å². The molecule has 1 saturated heterocycles. The number of rotatable bonds is 4. The number of nitrogens with one attached hydrogen (secondary N) is 1. The molecular weight excluding hydrogens is 304 g/mol. The van der Waals surface area contributed by atoms with Crippen molar-refractivity contribution in [2.24, 2.45) is 11.3 Å². The Morgan fingerprint density at radius 3 is 2.43 bits per heavy atom. The number of piperidine rings is 1. The van der Waals surface area contributed by atoms with Gasteiger partial charge in [0.1, 0.15) is 4.21 Å². The summed E-state index contributed by atoms with van der Waals surface area (Å²) in [5, 5.41) is 3.05. The normalized spacial score (nSPS) is 19.0. The minimum Gasteiger partial charge on any atom is -0.315 e. The molecule has 0 radical (unpaired) electrons. The molecule has 0 saturated carbocycles. The van der Waals surface area contributed by atoms with E-state index in [1.165, 1.54) is 11.3 Å². The highest BCUT2D eigenvalue weighted by Crippen LogP contribution is 2.36. The molecule has 0 amide bonds. The molecule has 21 heavy (non-hydrogen) atoms. The first-order valence-electron chi connectivity index (χ1n) is 7.48. The molecule has 1 aromatic rings. The van der Waals surface area contributed by atoms with Crippen molar-refractivity contribution < 1.29 is 8.42 Å². The van der Waals surface area contributed by atoms with Gasteiger partial charge in [-0.1, -0.05) is 20.8 Å². The Morgan fingerprint density at radius 2 is 1.90 bits per heavy atom. The van der Waals surface area contributed by atoms with E-state index < -0.39 is 10.0 Å². The minimum absolute atomic E-state index is 0.263. The van der Waals surface area contributed by atoms with E-state index in [2.05, 4.69) is 26.1 Å². The van der Waals surface area contributed by atoms with Crippen molar-refractivity contribution in [3.05, 3.63) is 17.0 Å². The van der Waals surface area contributed by atoms with E-state index in [0.717, 1.165) is 17.7 Å². The summed E-state index contributed by atoms with van der Waals surface area (Å²) in [7, 11) is -1.44. The van der Waals surface area contributed by atoms with Crippen LogP contribution in [0.25, 0.3) is 0 Å². The number of thiophene rings is 1. The van der Waals surface area contributed by atoms with Gasteiger partial charge in [0.25, 0.3) is 10.0 Å².